The molecule has 3 nitrogen and oxygen atoms in total. The molecule has 1 aromatic heterocycles. The van der Waals surface area contributed by atoms with E-state index < -0.39 is 5.92 Å². The van der Waals surface area contributed by atoms with E-state index in [1.807, 2.05) is 17.0 Å². The number of alkyl halides is 2. The lowest BCUT2D eigenvalue weighted by molar-refractivity contribution is 0.0115. The predicted octanol–water partition coefficient (Wildman–Crippen LogP) is 3.58. The quantitative estimate of drug-likeness (QED) is 0.865. The van der Waals surface area contributed by atoms with Crippen molar-refractivity contribution in [1.29, 1.82) is 0 Å². The van der Waals surface area contributed by atoms with Crippen molar-refractivity contribution >= 4 is 10.9 Å². The third-order valence-electron chi connectivity index (χ3n) is 4.78. The highest BCUT2D eigenvalue weighted by atomic mass is 19.3. The molecule has 1 unspecified atom stereocenters. The van der Waals surface area contributed by atoms with Crippen LogP contribution >= 0.6 is 0 Å². The molecule has 1 aromatic carbocycles. The number of halogens is 2. The van der Waals surface area contributed by atoms with Crippen molar-refractivity contribution < 1.29 is 13.5 Å². The molecule has 0 amide bonds. The maximum absolute atomic E-state index is 13.3. The van der Waals surface area contributed by atoms with Crippen molar-refractivity contribution in [1.82, 2.24) is 9.88 Å². The highest BCUT2D eigenvalue weighted by Crippen LogP contribution is 2.29. The van der Waals surface area contributed by atoms with Crippen molar-refractivity contribution in [3.63, 3.8) is 0 Å². The predicted molar refractivity (Wildman–Crippen MR) is 84.8 cm³/mol. The summed E-state index contributed by atoms with van der Waals surface area (Å²) in [5, 5.41) is 1.07. The van der Waals surface area contributed by atoms with Crippen molar-refractivity contribution in [2.45, 2.75) is 31.2 Å². The minimum atomic E-state index is -2.53. The van der Waals surface area contributed by atoms with E-state index in [2.05, 4.69) is 18.2 Å². The fourth-order valence-electron chi connectivity index (χ4n) is 3.48. The lowest BCUT2D eigenvalue weighted by Gasteiger charge is -2.16. The van der Waals surface area contributed by atoms with Gasteiger partial charge >= 0.3 is 0 Å². The van der Waals surface area contributed by atoms with Crippen LogP contribution in [-0.4, -0.2) is 42.1 Å². The van der Waals surface area contributed by atoms with E-state index in [0.29, 0.717) is 19.0 Å². The average Bonchev–Trinajstić information content (AvgIpc) is 3.16. The Morgan fingerprint density at radius 3 is 2.91 bits per heavy atom. The molecule has 0 saturated carbocycles. The summed E-state index contributed by atoms with van der Waals surface area (Å²) >= 11 is 0. The van der Waals surface area contributed by atoms with Crippen LogP contribution in [0.4, 0.5) is 8.78 Å². The number of benzene rings is 1. The van der Waals surface area contributed by atoms with Gasteiger partial charge in [-0.3, -0.25) is 9.88 Å². The SMILES string of the molecule is FC1(F)CCN(Cc2ccc3nc(C4CCOC4)ccc3c2)C1. The molecule has 2 fully saturated rings. The van der Waals surface area contributed by atoms with Crippen LogP contribution in [0.15, 0.2) is 30.3 Å². The molecule has 2 aliphatic rings. The number of rotatable bonds is 3. The van der Waals surface area contributed by atoms with Gasteiger partial charge in [-0.1, -0.05) is 12.1 Å². The normalized spacial score (nSPS) is 24.5. The molecule has 122 valence electrons. The molecule has 2 aromatic rings. The molecule has 0 bridgehead atoms. The number of hydrogen-bond acceptors (Lipinski definition) is 3. The summed E-state index contributed by atoms with van der Waals surface area (Å²) in [6.07, 6.45) is 0.995. The van der Waals surface area contributed by atoms with Gasteiger partial charge in [0.25, 0.3) is 5.92 Å². The zero-order valence-corrected chi connectivity index (χ0v) is 13.0. The van der Waals surface area contributed by atoms with E-state index in [1.165, 1.54) is 0 Å². The third kappa shape index (κ3) is 3.21. The van der Waals surface area contributed by atoms with Gasteiger partial charge in [-0.2, -0.15) is 0 Å². The molecule has 0 aliphatic carbocycles. The molecule has 4 rings (SSSR count). The molecule has 1 atom stereocenters. The Labute approximate surface area is 134 Å². The molecule has 0 N–H and O–H groups in total. The van der Waals surface area contributed by atoms with Crippen LogP contribution in [0.5, 0.6) is 0 Å². The third-order valence-corrected chi connectivity index (χ3v) is 4.78. The molecule has 3 heterocycles. The Kier molecular flexibility index (Phi) is 3.77. The van der Waals surface area contributed by atoms with Crippen LogP contribution in [0.2, 0.25) is 0 Å². The molecule has 2 aliphatic heterocycles. The molecule has 0 radical (unpaired) electrons. The maximum Gasteiger partial charge on any atom is 0.261 e. The van der Waals surface area contributed by atoms with E-state index in [9.17, 15) is 8.78 Å². The van der Waals surface area contributed by atoms with Crippen LogP contribution in [0.25, 0.3) is 10.9 Å². The van der Waals surface area contributed by atoms with Crippen LogP contribution in [0.3, 0.4) is 0 Å². The van der Waals surface area contributed by atoms with E-state index in [-0.39, 0.29) is 13.0 Å². The van der Waals surface area contributed by atoms with Gasteiger partial charge in [0.05, 0.1) is 18.7 Å². The van der Waals surface area contributed by atoms with Crippen molar-refractivity contribution in [3.8, 4) is 0 Å². The molecule has 0 spiro atoms. The number of hydrogen-bond donors (Lipinski definition) is 0. The molecule has 2 saturated heterocycles. The van der Waals surface area contributed by atoms with Gasteiger partial charge in [0.15, 0.2) is 0 Å². The molecule has 5 heteroatoms. The topological polar surface area (TPSA) is 25.4 Å². The van der Waals surface area contributed by atoms with Gasteiger partial charge in [0.2, 0.25) is 0 Å². The number of fused-ring (bicyclic) bond motifs is 1. The smallest absolute Gasteiger partial charge is 0.261 e. The monoisotopic (exact) mass is 318 g/mol. The summed E-state index contributed by atoms with van der Waals surface area (Å²) in [7, 11) is 0. The Hall–Kier alpha value is -1.59. The largest absolute Gasteiger partial charge is 0.381 e. The average molecular weight is 318 g/mol. The van der Waals surface area contributed by atoms with Crippen LogP contribution < -0.4 is 0 Å². The second-order valence-corrected chi connectivity index (χ2v) is 6.64. The van der Waals surface area contributed by atoms with Gasteiger partial charge in [-0.25, -0.2) is 8.78 Å². The maximum atomic E-state index is 13.3. The van der Waals surface area contributed by atoms with Crippen LogP contribution in [-0.2, 0) is 11.3 Å². The van der Waals surface area contributed by atoms with Gasteiger partial charge in [0, 0.05) is 43.1 Å². The fourth-order valence-corrected chi connectivity index (χ4v) is 3.48. The zero-order valence-electron chi connectivity index (χ0n) is 13.0. The van der Waals surface area contributed by atoms with Crippen molar-refractivity contribution in [3.05, 3.63) is 41.6 Å². The zero-order chi connectivity index (χ0) is 15.9. The van der Waals surface area contributed by atoms with Crippen molar-refractivity contribution in [2.75, 3.05) is 26.3 Å². The summed E-state index contributed by atoms with van der Waals surface area (Å²) < 4.78 is 32.0. The first-order valence-electron chi connectivity index (χ1n) is 8.17. The Morgan fingerprint density at radius 1 is 1.26 bits per heavy atom. The van der Waals surface area contributed by atoms with E-state index in [1.54, 1.807) is 0 Å². The standard InChI is InChI=1S/C18H20F2N2O/c19-18(20)6-7-22(12-18)10-13-1-3-16-14(9-13)2-4-17(21-16)15-5-8-23-11-15/h1-4,9,15H,5-8,10-12H2. The lowest BCUT2D eigenvalue weighted by atomic mass is 10.0. The van der Waals surface area contributed by atoms with E-state index in [4.69, 9.17) is 9.72 Å². The van der Waals surface area contributed by atoms with Gasteiger partial charge in [0.1, 0.15) is 0 Å². The second-order valence-electron chi connectivity index (χ2n) is 6.64. The first-order chi connectivity index (χ1) is 11.1. The number of likely N-dealkylation sites (tertiary alicyclic amines) is 1. The Morgan fingerprint density at radius 2 is 2.17 bits per heavy atom. The Balaban J connectivity index is 1.53. The van der Waals surface area contributed by atoms with E-state index in [0.717, 1.165) is 41.8 Å². The highest BCUT2D eigenvalue weighted by molar-refractivity contribution is 5.79. The minimum Gasteiger partial charge on any atom is -0.381 e. The van der Waals surface area contributed by atoms with Crippen LogP contribution in [0, 0.1) is 0 Å². The van der Waals surface area contributed by atoms with Gasteiger partial charge < -0.3 is 4.74 Å². The second kappa shape index (κ2) is 5.80. The number of aromatic nitrogens is 1. The highest BCUT2D eigenvalue weighted by Gasteiger charge is 2.37. The summed E-state index contributed by atoms with van der Waals surface area (Å²) in [5.41, 5.74) is 3.11. The summed E-state index contributed by atoms with van der Waals surface area (Å²) in [4.78, 5) is 6.56. The molecular formula is C18H20F2N2O. The summed E-state index contributed by atoms with van der Waals surface area (Å²) in [6, 6.07) is 10.2. The van der Waals surface area contributed by atoms with Gasteiger partial charge in [-0.15, -0.1) is 0 Å². The first-order valence-corrected chi connectivity index (χ1v) is 8.17. The van der Waals surface area contributed by atoms with E-state index >= 15 is 0 Å². The fraction of sp³-hybridized carbons (Fsp3) is 0.500. The molecular weight excluding hydrogens is 298 g/mol. The van der Waals surface area contributed by atoms with Crippen LogP contribution in [0.1, 0.15) is 30.0 Å². The molecule has 23 heavy (non-hydrogen) atoms. The Bertz CT molecular complexity index is 713. The summed E-state index contributed by atoms with van der Waals surface area (Å²) in [5.74, 6) is -2.14. The number of ether oxygens (including phenoxy) is 1. The van der Waals surface area contributed by atoms with Gasteiger partial charge in [-0.05, 0) is 30.2 Å². The van der Waals surface area contributed by atoms with Crippen molar-refractivity contribution in [2.24, 2.45) is 0 Å². The lowest BCUT2D eigenvalue weighted by Crippen LogP contribution is -2.24. The number of nitrogens with zero attached hydrogens (tertiary/aromatic N) is 2. The first kappa shape index (κ1) is 15.0. The minimum absolute atomic E-state index is 0.0328. The number of pyridine rings is 1. The summed E-state index contributed by atoms with van der Waals surface area (Å²) in [6.45, 7) is 2.46.